The van der Waals surface area contributed by atoms with Crippen LogP contribution < -0.4 is 4.74 Å². The van der Waals surface area contributed by atoms with Crippen LogP contribution in [0.3, 0.4) is 0 Å². The van der Waals surface area contributed by atoms with Gasteiger partial charge in [-0.2, -0.15) is 0 Å². The van der Waals surface area contributed by atoms with Crippen LogP contribution in [-0.2, 0) is 17.7 Å². The summed E-state index contributed by atoms with van der Waals surface area (Å²) in [5, 5.41) is 0. The Morgan fingerprint density at radius 2 is 2.04 bits per heavy atom. The molecular weight excluding hydrogens is 342 g/mol. The number of pyridine rings is 1. The highest BCUT2D eigenvalue weighted by Gasteiger charge is 2.47. The van der Waals surface area contributed by atoms with Crippen LogP contribution in [0.5, 0.6) is 5.75 Å². The SMILES string of the molecule is COc1ccc(CCCN2C(=O)O[C@@H]3CN(Cc4ccccn4)C[C@@H]32)cc1. The van der Waals surface area contributed by atoms with Crippen molar-refractivity contribution < 1.29 is 14.3 Å². The lowest BCUT2D eigenvalue weighted by Crippen LogP contribution is -2.38. The minimum Gasteiger partial charge on any atom is -0.497 e. The molecule has 0 saturated carbocycles. The van der Waals surface area contributed by atoms with Crippen molar-refractivity contribution in [1.82, 2.24) is 14.8 Å². The number of carbonyl (C=O) groups is 1. The predicted molar refractivity (Wildman–Crippen MR) is 102 cm³/mol. The van der Waals surface area contributed by atoms with E-state index in [2.05, 4.69) is 22.0 Å². The van der Waals surface area contributed by atoms with E-state index in [1.807, 2.05) is 41.4 Å². The molecule has 142 valence electrons. The van der Waals surface area contributed by atoms with Crippen LogP contribution in [-0.4, -0.2) is 59.8 Å². The third-order valence-corrected chi connectivity index (χ3v) is 5.33. The molecule has 2 fully saturated rings. The standard InChI is InChI=1S/C21H25N3O3/c1-26-18-9-7-16(8-10-18)5-4-12-24-19-14-23(15-20(19)27-21(24)25)13-17-6-2-3-11-22-17/h2-3,6-11,19-20H,4-5,12-15H2,1H3/t19-,20+/m0/s1. The summed E-state index contributed by atoms with van der Waals surface area (Å²) in [6, 6.07) is 14.2. The van der Waals surface area contributed by atoms with Crippen LogP contribution in [0, 0.1) is 0 Å². The molecule has 3 heterocycles. The Hall–Kier alpha value is -2.60. The van der Waals surface area contributed by atoms with Crippen LogP contribution in [0.1, 0.15) is 17.7 Å². The van der Waals surface area contributed by atoms with Crippen LogP contribution in [0.15, 0.2) is 48.7 Å². The molecule has 0 radical (unpaired) electrons. The van der Waals surface area contributed by atoms with E-state index >= 15 is 0 Å². The van der Waals surface area contributed by atoms with Crippen molar-refractivity contribution in [2.75, 3.05) is 26.7 Å². The van der Waals surface area contributed by atoms with Crippen molar-refractivity contribution in [3.63, 3.8) is 0 Å². The van der Waals surface area contributed by atoms with E-state index in [4.69, 9.17) is 9.47 Å². The maximum Gasteiger partial charge on any atom is 0.410 e. The molecule has 0 bridgehead atoms. The van der Waals surface area contributed by atoms with Gasteiger partial charge in [0.2, 0.25) is 0 Å². The number of rotatable bonds is 7. The third kappa shape index (κ3) is 4.06. The Morgan fingerprint density at radius 1 is 1.19 bits per heavy atom. The zero-order valence-electron chi connectivity index (χ0n) is 15.6. The molecule has 0 spiro atoms. The van der Waals surface area contributed by atoms with E-state index in [9.17, 15) is 4.79 Å². The third-order valence-electron chi connectivity index (χ3n) is 5.33. The molecule has 6 heteroatoms. The van der Waals surface area contributed by atoms with E-state index in [1.165, 1.54) is 5.56 Å². The maximum atomic E-state index is 12.2. The molecule has 2 aliphatic heterocycles. The minimum atomic E-state index is -0.169. The number of aryl methyl sites for hydroxylation is 1. The summed E-state index contributed by atoms with van der Waals surface area (Å²) in [6.07, 6.45) is 3.48. The average molecular weight is 367 g/mol. The summed E-state index contributed by atoms with van der Waals surface area (Å²) in [7, 11) is 1.67. The van der Waals surface area contributed by atoms with Gasteiger partial charge < -0.3 is 14.4 Å². The van der Waals surface area contributed by atoms with Gasteiger partial charge in [-0.05, 0) is 42.7 Å². The molecule has 2 aromatic rings. The molecule has 2 atom stereocenters. The zero-order chi connectivity index (χ0) is 18.6. The number of likely N-dealkylation sites (tertiary alicyclic amines) is 1. The molecule has 1 amide bonds. The second-order valence-electron chi connectivity index (χ2n) is 7.15. The lowest BCUT2D eigenvalue weighted by Gasteiger charge is -2.22. The van der Waals surface area contributed by atoms with Gasteiger partial charge in [-0.25, -0.2) is 4.79 Å². The zero-order valence-corrected chi connectivity index (χ0v) is 15.6. The first-order valence-corrected chi connectivity index (χ1v) is 9.45. The Bertz CT molecular complexity index is 766. The Labute approximate surface area is 159 Å². The number of fused-ring (bicyclic) bond motifs is 1. The summed E-state index contributed by atoms with van der Waals surface area (Å²) < 4.78 is 10.8. The number of carbonyl (C=O) groups excluding carboxylic acids is 1. The number of amides is 1. The van der Waals surface area contributed by atoms with Crippen LogP contribution >= 0.6 is 0 Å². The number of hydrogen-bond donors (Lipinski definition) is 0. The van der Waals surface area contributed by atoms with E-state index in [-0.39, 0.29) is 18.2 Å². The van der Waals surface area contributed by atoms with Crippen LogP contribution in [0.2, 0.25) is 0 Å². The molecule has 4 rings (SSSR count). The number of benzene rings is 1. The molecular formula is C21H25N3O3. The molecule has 27 heavy (non-hydrogen) atoms. The van der Waals surface area contributed by atoms with Gasteiger partial charge in [-0.1, -0.05) is 18.2 Å². The van der Waals surface area contributed by atoms with Gasteiger partial charge in [0.1, 0.15) is 11.9 Å². The summed E-state index contributed by atoms with van der Waals surface area (Å²) in [4.78, 5) is 20.9. The van der Waals surface area contributed by atoms with Crippen molar-refractivity contribution >= 4 is 6.09 Å². The molecule has 0 unspecified atom stereocenters. The number of ether oxygens (including phenoxy) is 2. The summed E-state index contributed by atoms with van der Waals surface area (Å²) in [5.74, 6) is 0.865. The lowest BCUT2D eigenvalue weighted by atomic mass is 10.1. The monoisotopic (exact) mass is 367 g/mol. The Balaban J connectivity index is 1.29. The van der Waals surface area contributed by atoms with E-state index in [0.717, 1.165) is 50.5 Å². The second-order valence-corrected chi connectivity index (χ2v) is 7.15. The molecule has 2 saturated heterocycles. The van der Waals surface area contributed by atoms with Gasteiger partial charge in [0.05, 0.1) is 18.8 Å². The van der Waals surface area contributed by atoms with Crippen LogP contribution in [0.25, 0.3) is 0 Å². The Morgan fingerprint density at radius 3 is 2.78 bits per heavy atom. The smallest absolute Gasteiger partial charge is 0.410 e. The topological polar surface area (TPSA) is 54.9 Å². The van der Waals surface area contributed by atoms with Gasteiger partial charge in [0, 0.05) is 32.4 Å². The van der Waals surface area contributed by atoms with Crippen molar-refractivity contribution in [3.8, 4) is 5.75 Å². The highest BCUT2D eigenvalue weighted by Crippen LogP contribution is 2.28. The fourth-order valence-electron chi connectivity index (χ4n) is 3.93. The number of nitrogens with zero attached hydrogens (tertiary/aromatic N) is 3. The fourth-order valence-corrected chi connectivity index (χ4v) is 3.93. The summed E-state index contributed by atoms with van der Waals surface area (Å²) >= 11 is 0. The molecule has 1 aromatic heterocycles. The minimum absolute atomic E-state index is 0.0257. The van der Waals surface area contributed by atoms with Crippen molar-refractivity contribution in [1.29, 1.82) is 0 Å². The average Bonchev–Trinajstić information content (AvgIpc) is 3.20. The molecule has 6 nitrogen and oxygen atoms in total. The second kappa shape index (κ2) is 7.96. The van der Waals surface area contributed by atoms with Crippen molar-refractivity contribution in [3.05, 3.63) is 59.9 Å². The van der Waals surface area contributed by atoms with E-state index in [1.54, 1.807) is 7.11 Å². The first-order valence-electron chi connectivity index (χ1n) is 9.45. The van der Waals surface area contributed by atoms with Gasteiger partial charge in [0.25, 0.3) is 0 Å². The number of methoxy groups -OCH3 is 1. The van der Waals surface area contributed by atoms with Crippen LogP contribution in [0.4, 0.5) is 4.79 Å². The van der Waals surface area contributed by atoms with Gasteiger partial charge >= 0.3 is 6.09 Å². The first-order chi connectivity index (χ1) is 13.2. The summed E-state index contributed by atoms with van der Waals surface area (Å²) in [5.41, 5.74) is 2.30. The predicted octanol–water partition coefficient (Wildman–Crippen LogP) is 2.73. The first kappa shape index (κ1) is 17.8. The van der Waals surface area contributed by atoms with E-state index in [0.29, 0.717) is 0 Å². The molecule has 1 aromatic carbocycles. The van der Waals surface area contributed by atoms with Gasteiger partial charge in [-0.3, -0.25) is 9.88 Å². The number of hydrogen-bond acceptors (Lipinski definition) is 5. The van der Waals surface area contributed by atoms with Crippen molar-refractivity contribution in [2.45, 2.75) is 31.5 Å². The molecule has 2 aliphatic rings. The maximum absolute atomic E-state index is 12.2. The highest BCUT2D eigenvalue weighted by atomic mass is 16.6. The normalized spacial score (nSPS) is 22.0. The Kier molecular flexibility index (Phi) is 5.25. The van der Waals surface area contributed by atoms with E-state index < -0.39 is 0 Å². The lowest BCUT2D eigenvalue weighted by molar-refractivity contribution is 0.120. The quantitative estimate of drug-likeness (QED) is 0.753. The summed E-state index contributed by atoms with van der Waals surface area (Å²) in [6.45, 7) is 3.14. The molecule has 0 N–H and O–H groups in total. The largest absolute Gasteiger partial charge is 0.497 e. The van der Waals surface area contributed by atoms with Gasteiger partial charge in [-0.15, -0.1) is 0 Å². The fraction of sp³-hybridized carbons (Fsp3) is 0.429. The van der Waals surface area contributed by atoms with Gasteiger partial charge in [0.15, 0.2) is 0 Å². The highest BCUT2D eigenvalue weighted by molar-refractivity contribution is 5.71. The molecule has 0 aliphatic carbocycles. The number of aromatic nitrogens is 1. The van der Waals surface area contributed by atoms with Crippen molar-refractivity contribution in [2.24, 2.45) is 0 Å².